The molecule has 306 valence electrons. The highest BCUT2D eigenvalue weighted by Crippen LogP contribution is 2.43. The molecule has 0 aliphatic carbocycles. The molecule has 0 saturated carbocycles. The number of rotatable bonds is 40. The number of unbranched alkanes of at least 4 members (excludes halogenated alkanes) is 24. The van der Waals surface area contributed by atoms with Gasteiger partial charge in [-0.3, -0.25) is 13.8 Å². The molecule has 0 aliphatic heterocycles. The number of hydrogen-bond acceptors (Lipinski definition) is 6. The monoisotopic (exact) mass is 755 g/mol. The molecule has 0 bridgehead atoms. The minimum atomic E-state index is -4.33. The van der Waals surface area contributed by atoms with Crippen LogP contribution in [0.15, 0.2) is 36.5 Å². The molecule has 9 heteroatoms. The third kappa shape index (κ3) is 37.1. The predicted octanol–water partition coefficient (Wildman–Crippen LogP) is 11.9. The van der Waals surface area contributed by atoms with Gasteiger partial charge >= 0.3 is 7.82 Å². The quantitative estimate of drug-likeness (QED) is 0.0278. The van der Waals surface area contributed by atoms with Crippen molar-refractivity contribution in [2.75, 3.05) is 19.8 Å². The van der Waals surface area contributed by atoms with Gasteiger partial charge in [0.15, 0.2) is 0 Å². The van der Waals surface area contributed by atoms with Gasteiger partial charge in [-0.25, -0.2) is 4.57 Å². The van der Waals surface area contributed by atoms with Crippen molar-refractivity contribution >= 4 is 13.7 Å². The number of carbonyl (C=O) groups excluding carboxylic acids is 1. The van der Waals surface area contributed by atoms with Crippen molar-refractivity contribution in [3.05, 3.63) is 36.5 Å². The van der Waals surface area contributed by atoms with E-state index in [4.69, 9.17) is 14.8 Å². The summed E-state index contributed by atoms with van der Waals surface area (Å²) < 4.78 is 22.1. The van der Waals surface area contributed by atoms with E-state index < -0.39 is 20.0 Å². The Labute approximate surface area is 320 Å². The molecular formula is C43H83N2O6P. The standard InChI is InChI=1S/C43H83N2O6P/c1-3-5-7-9-11-13-15-16-17-18-19-20-21-22-23-24-25-26-27-29-31-33-35-37-43(47)45-41(40-51-52(48,49)50-39-38-44)42(46)36-34-32-30-28-14-12-10-8-6-4-2/h15-16,18-19,34,36,41-42,46H,3-14,17,20-33,35,37-40,44H2,1-2H3,(H,45,47)(H,48,49)/b16-15-,19-18-,36-34+. The average molecular weight is 755 g/mol. The Balaban J connectivity index is 4.08. The SMILES string of the molecule is CCCCCCC/C=C\C/C=C\CCCCCCCCCCCCCC(=O)NC(COP(=O)(O)OCCN)C(O)/C=C/CCCCCCCCCC. The van der Waals surface area contributed by atoms with Gasteiger partial charge in [0, 0.05) is 13.0 Å². The van der Waals surface area contributed by atoms with Gasteiger partial charge in [-0.2, -0.15) is 0 Å². The van der Waals surface area contributed by atoms with Gasteiger partial charge in [0.1, 0.15) is 0 Å². The number of aliphatic hydroxyl groups excluding tert-OH is 1. The molecule has 1 amide bonds. The Morgan fingerprint density at radius 1 is 0.635 bits per heavy atom. The average Bonchev–Trinajstić information content (AvgIpc) is 3.13. The van der Waals surface area contributed by atoms with Crippen LogP contribution in [0.2, 0.25) is 0 Å². The number of nitrogens with two attached hydrogens (primary N) is 1. The molecule has 0 aromatic heterocycles. The number of aliphatic hydroxyl groups is 1. The molecule has 0 aliphatic rings. The van der Waals surface area contributed by atoms with Crippen molar-refractivity contribution in [1.29, 1.82) is 0 Å². The molecular weight excluding hydrogens is 671 g/mol. The molecule has 0 fully saturated rings. The molecule has 0 saturated heterocycles. The van der Waals surface area contributed by atoms with Crippen LogP contribution < -0.4 is 11.1 Å². The first-order chi connectivity index (χ1) is 25.4. The zero-order chi connectivity index (χ0) is 38.2. The van der Waals surface area contributed by atoms with Crippen molar-refractivity contribution in [3.63, 3.8) is 0 Å². The van der Waals surface area contributed by atoms with Gasteiger partial charge in [-0.1, -0.05) is 179 Å². The summed E-state index contributed by atoms with van der Waals surface area (Å²) in [4.78, 5) is 22.6. The van der Waals surface area contributed by atoms with Crippen LogP contribution >= 0.6 is 7.82 Å². The molecule has 0 aromatic rings. The van der Waals surface area contributed by atoms with Crippen LogP contribution in [0.3, 0.4) is 0 Å². The maximum Gasteiger partial charge on any atom is 0.472 e. The second-order valence-corrected chi connectivity index (χ2v) is 16.0. The van der Waals surface area contributed by atoms with Gasteiger partial charge in [0.05, 0.1) is 25.4 Å². The number of hydrogen-bond donors (Lipinski definition) is 4. The molecule has 0 aromatic carbocycles. The molecule has 3 atom stereocenters. The largest absolute Gasteiger partial charge is 0.472 e. The lowest BCUT2D eigenvalue weighted by Crippen LogP contribution is -2.45. The van der Waals surface area contributed by atoms with Gasteiger partial charge < -0.3 is 21.1 Å². The fourth-order valence-corrected chi connectivity index (χ4v) is 6.92. The van der Waals surface area contributed by atoms with Crippen molar-refractivity contribution < 1.29 is 28.4 Å². The minimum Gasteiger partial charge on any atom is -0.387 e. The van der Waals surface area contributed by atoms with E-state index in [0.29, 0.717) is 6.42 Å². The van der Waals surface area contributed by atoms with Crippen LogP contribution in [0.1, 0.15) is 200 Å². The van der Waals surface area contributed by atoms with Gasteiger partial charge in [-0.15, -0.1) is 0 Å². The summed E-state index contributed by atoms with van der Waals surface area (Å²) in [6, 6.07) is -0.859. The van der Waals surface area contributed by atoms with E-state index in [1.165, 1.54) is 135 Å². The molecule has 0 radical (unpaired) electrons. The first kappa shape index (κ1) is 50.7. The molecule has 5 N–H and O–H groups in total. The summed E-state index contributed by atoms with van der Waals surface area (Å²) in [5.41, 5.74) is 5.36. The second-order valence-electron chi connectivity index (χ2n) is 14.6. The number of carbonyl (C=O) groups is 1. The van der Waals surface area contributed by atoms with Crippen molar-refractivity contribution in [2.24, 2.45) is 5.73 Å². The minimum absolute atomic E-state index is 0.0779. The molecule has 0 spiro atoms. The van der Waals surface area contributed by atoms with Crippen LogP contribution in [0, 0.1) is 0 Å². The van der Waals surface area contributed by atoms with Gasteiger partial charge in [0.2, 0.25) is 5.91 Å². The van der Waals surface area contributed by atoms with Crippen molar-refractivity contribution in [2.45, 2.75) is 212 Å². The molecule has 52 heavy (non-hydrogen) atoms. The Bertz CT molecular complexity index is 912. The van der Waals surface area contributed by atoms with Crippen LogP contribution in [0.4, 0.5) is 0 Å². The third-order valence-corrected chi connectivity index (χ3v) is 10.4. The normalized spacial score (nSPS) is 14.5. The summed E-state index contributed by atoms with van der Waals surface area (Å²) in [7, 11) is -4.33. The predicted molar refractivity (Wildman–Crippen MR) is 221 cm³/mol. The summed E-state index contributed by atoms with van der Waals surface area (Å²) in [5, 5.41) is 13.6. The highest BCUT2D eigenvalue weighted by Gasteiger charge is 2.26. The lowest BCUT2D eigenvalue weighted by Gasteiger charge is -2.23. The van der Waals surface area contributed by atoms with Gasteiger partial charge in [-0.05, 0) is 51.4 Å². The fourth-order valence-electron chi connectivity index (χ4n) is 6.16. The first-order valence-electron chi connectivity index (χ1n) is 21.6. The summed E-state index contributed by atoms with van der Waals surface area (Å²) in [5.74, 6) is -0.199. The number of nitrogens with one attached hydrogen (secondary N) is 1. The summed E-state index contributed by atoms with van der Waals surface area (Å²) >= 11 is 0. The molecule has 0 rings (SSSR count). The zero-order valence-corrected chi connectivity index (χ0v) is 34.7. The van der Waals surface area contributed by atoms with E-state index in [9.17, 15) is 19.4 Å². The fraction of sp³-hybridized carbons (Fsp3) is 0.837. The molecule has 8 nitrogen and oxygen atoms in total. The zero-order valence-electron chi connectivity index (χ0n) is 33.8. The van der Waals surface area contributed by atoms with E-state index in [0.717, 1.165) is 44.9 Å². The van der Waals surface area contributed by atoms with Crippen molar-refractivity contribution in [1.82, 2.24) is 5.32 Å². The summed E-state index contributed by atoms with van der Waals surface area (Å²) in [6.45, 7) is 4.10. The van der Waals surface area contributed by atoms with Crippen LogP contribution in [0.25, 0.3) is 0 Å². The number of phosphoric acid groups is 1. The second kappa shape index (κ2) is 39.4. The van der Waals surface area contributed by atoms with E-state index in [2.05, 4.69) is 43.5 Å². The molecule has 3 unspecified atom stereocenters. The smallest absolute Gasteiger partial charge is 0.387 e. The van der Waals surface area contributed by atoms with Crippen molar-refractivity contribution in [3.8, 4) is 0 Å². The van der Waals surface area contributed by atoms with Gasteiger partial charge in [0.25, 0.3) is 0 Å². The Kier molecular flexibility index (Phi) is 38.4. The first-order valence-corrected chi connectivity index (χ1v) is 23.1. The number of phosphoric ester groups is 1. The van der Waals surface area contributed by atoms with E-state index in [-0.39, 0.29) is 25.7 Å². The highest BCUT2D eigenvalue weighted by molar-refractivity contribution is 7.47. The van der Waals surface area contributed by atoms with E-state index >= 15 is 0 Å². The van der Waals surface area contributed by atoms with E-state index in [1.54, 1.807) is 6.08 Å². The number of amides is 1. The maximum absolute atomic E-state index is 12.7. The Morgan fingerprint density at radius 2 is 1.06 bits per heavy atom. The highest BCUT2D eigenvalue weighted by atomic mass is 31.2. The topological polar surface area (TPSA) is 131 Å². The van der Waals surface area contributed by atoms with E-state index in [1.807, 2.05) is 6.08 Å². The van der Waals surface area contributed by atoms with Crippen LogP contribution in [-0.4, -0.2) is 47.8 Å². The third-order valence-electron chi connectivity index (χ3n) is 9.46. The lowest BCUT2D eigenvalue weighted by molar-refractivity contribution is -0.123. The Hall–Kier alpha value is -1.28. The Morgan fingerprint density at radius 3 is 1.52 bits per heavy atom. The molecule has 0 heterocycles. The van der Waals surface area contributed by atoms with Crippen LogP contribution in [-0.2, 0) is 18.4 Å². The maximum atomic E-state index is 12.7. The number of allylic oxidation sites excluding steroid dienone is 5. The van der Waals surface area contributed by atoms with Crippen LogP contribution in [0.5, 0.6) is 0 Å². The summed E-state index contributed by atoms with van der Waals surface area (Å²) in [6.07, 6.45) is 46.3. The lowest BCUT2D eigenvalue weighted by atomic mass is 10.0.